The lowest BCUT2D eigenvalue weighted by Crippen LogP contribution is -2.38. The van der Waals surface area contributed by atoms with E-state index in [0.717, 1.165) is 30.3 Å². The smallest absolute Gasteiger partial charge is 0.0464 e. The molecule has 3 nitrogen and oxygen atoms in total. The van der Waals surface area contributed by atoms with Gasteiger partial charge in [0, 0.05) is 20.3 Å². The average molecular weight is 353 g/mol. The summed E-state index contributed by atoms with van der Waals surface area (Å²) in [4.78, 5) is 2.69. The molecule has 0 aromatic rings. The van der Waals surface area contributed by atoms with Crippen molar-refractivity contribution in [2.75, 3.05) is 46.4 Å². The molecular formula is C22H44N2O. The van der Waals surface area contributed by atoms with Crippen LogP contribution in [0.3, 0.4) is 0 Å². The minimum atomic E-state index is 0.933. The van der Waals surface area contributed by atoms with E-state index in [1.54, 1.807) is 0 Å². The number of methoxy groups -OCH3 is 1. The van der Waals surface area contributed by atoms with Gasteiger partial charge in [0.15, 0.2) is 0 Å². The molecule has 25 heavy (non-hydrogen) atoms. The van der Waals surface area contributed by atoms with Gasteiger partial charge in [-0.05, 0) is 94.8 Å². The zero-order valence-corrected chi connectivity index (χ0v) is 17.3. The predicted molar refractivity (Wildman–Crippen MR) is 108 cm³/mol. The monoisotopic (exact) mass is 352 g/mol. The van der Waals surface area contributed by atoms with Gasteiger partial charge in [-0.2, -0.15) is 0 Å². The Balaban J connectivity index is 0.000000196. The lowest BCUT2D eigenvalue weighted by atomic mass is 9.84. The highest BCUT2D eigenvalue weighted by molar-refractivity contribution is 4.78. The van der Waals surface area contributed by atoms with Crippen molar-refractivity contribution in [2.24, 2.45) is 23.7 Å². The van der Waals surface area contributed by atoms with E-state index in [0.29, 0.717) is 0 Å². The molecule has 2 aliphatic heterocycles. The summed E-state index contributed by atoms with van der Waals surface area (Å²) >= 11 is 0. The Morgan fingerprint density at radius 3 is 2.20 bits per heavy atom. The lowest BCUT2D eigenvalue weighted by Gasteiger charge is -2.36. The molecule has 3 aliphatic rings. The maximum atomic E-state index is 5.15. The molecule has 2 heterocycles. The Bertz CT molecular complexity index is 318. The van der Waals surface area contributed by atoms with Gasteiger partial charge in [-0.1, -0.05) is 26.7 Å². The van der Waals surface area contributed by atoms with Crippen LogP contribution in [0.4, 0.5) is 0 Å². The number of ether oxygens (including phenoxy) is 1. The second-order valence-electron chi connectivity index (χ2n) is 8.80. The van der Waals surface area contributed by atoms with E-state index in [-0.39, 0.29) is 0 Å². The standard InChI is InChI=1S/C13H25NO.C9H19N/c1-15-10-7-12-5-8-14(9-6-12)11-13-3-2-4-13;1-3-8(2)9-4-6-10-7-5-9/h12-13H,2-11H2,1H3;8-10H,3-7H2,1-2H3. The summed E-state index contributed by atoms with van der Waals surface area (Å²) in [5.74, 6) is 3.93. The number of hydrogen-bond donors (Lipinski definition) is 1. The molecular weight excluding hydrogens is 308 g/mol. The number of piperidine rings is 2. The molecule has 1 saturated carbocycles. The van der Waals surface area contributed by atoms with E-state index >= 15 is 0 Å². The quantitative estimate of drug-likeness (QED) is 0.726. The first kappa shape index (κ1) is 21.2. The fourth-order valence-corrected chi connectivity index (χ4v) is 4.53. The molecule has 1 N–H and O–H groups in total. The van der Waals surface area contributed by atoms with Gasteiger partial charge in [-0.15, -0.1) is 0 Å². The van der Waals surface area contributed by atoms with Gasteiger partial charge in [-0.25, -0.2) is 0 Å². The van der Waals surface area contributed by atoms with Crippen LogP contribution in [0, 0.1) is 23.7 Å². The lowest BCUT2D eigenvalue weighted by molar-refractivity contribution is 0.111. The van der Waals surface area contributed by atoms with Crippen LogP contribution in [-0.4, -0.2) is 51.3 Å². The van der Waals surface area contributed by atoms with Crippen molar-refractivity contribution >= 4 is 0 Å². The van der Waals surface area contributed by atoms with E-state index in [4.69, 9.17) is 4.74 Å². The minimum absolute atomic E-state index is 0.933. The topological polar surface area (TPSA) is 24.5 Å². The van der Waals surface area contributed by atoms with Crippen LogP contribution in [0.2, 0.25) is 0 Å². The maximum Gasteiger partial charge on any atom is 0.0464 e. The van der Waals surface area contributed by atoms with Gasteiger partial charge in [0.05, 0.1) is 0 Å². The van der Waals surface area contributed by atoms with Gasteiger partial charge in [-0.3, -0.25) is 0 Å². The fourth-order valence-electron chi connectivity index (χ4n) is 4.53. The largest absolute Gasteiger partial charge is 0.385 e. The zero-order valence-electron chi connectivity index (χ0n) is 17.3. The van der Waals surface area contributed by atoms with Gasteiger partial charge in [0.2, 0.25) is 0 Å². The van der Waals surface area contributed by atoms with Crippen molar-refractivity contribution in [2.45, 2.75) is 71.6 Å². The molecule has 0 spiro atoms. The Morgan fingerprint density at radius 2 is 1.68 bits per heavy atom. The molecule has 1 unspecified atom stereocenters. The summed E-state index contributed by atoms with van der Waals surface area (Å²) in [6.45, 7) is 12.2. The molecule has 0 radical (unpaired) electrons. The van der Waals surface area contributed by atoms with Crippen molar-refractivity contribution in [3.8, 4) is 0 Å². The molecule has 0 bridgehead atoms. The van der Waals surface area contributed by atoms with Crippen molar-refractivity contribution < 1.29 is 4.74 Å². The molecule has 3 fully saturated rings. The van der Waals surface area contributed by atoms with Crippen LogP contribution in [-0.2, 0) is 4.74 Å². The van der Waals surface area contributed by atoms with Crippen molar-refractivity contribution in [3.05, 3.63) is 0 Å². The van der Waals surface area contributed by atoms with Crippen molar-refractivity contribution in [3.63, 3.8) is 0 Å². The highest BCUT2D eigenvalue weighted by Crippen LogP contribution is 2.29. The fraction of sp³-hybridized carbons (Fsp3) is 1.00. The molecule has 1 aliphatic carbocycles. The Hall–Kier alpha value is -0.120. The van der Waals surface area contributed by atoms with E-state index < -0.39 is 0 Å². The van der Waals surface area contributed by atoms with E-state index in [1.807, 2.05) is 7.11 Å². The SMILES string of the molecule is CCC(C)C1CCNCC1.COCCC1CCN(CC2CCC2)CC1. The van der Waals surface area contributed by atoms with E-state index in [2.05, 4.69) is 24.1 Å². The Labute approximate surface area is 157 Å². The molecule has 0 amide bonds. The van der Waals surface area contributed by atoms with Gasteiger partial charge in [0.1, 0.15) is 0 Å². The maximum absolute atomic E-state index is 5.15. The van der Waals surface area contributed by atoms with E-state index in [1.165, 1.54) is 90.5 Å². The molecule has 3 rings (SSSR count). The summed E-state index contributed by atoms with van der Waals surface area (Å²) < 4.78 is 5.15. The molecule has 148 valence electrons. The third-order valence-electron chi connectivity index (χ3n) is 7.01. The Kier molecular flexibility index (Phi) is 10.4. The third-order valence-corrected chi connectivity index (χ3v) is 7.01. The minimum Gasteiger partial charge on any atom is -0.385 e. The first-order chi connectivity index (χ1) is 12.2. The number of nitrogens with one attached hydrogen (secondary N) is 1. The predicted octanol–water partition coefficient (Wildman–Crippen LogP) is 4.57. The molecule has 1 atom stereocenters. The van der Waals surface area contributed by atoms with Crippen molar-refractivity contribution in [1.82, 2.24) is 10.2 Å². The Morgan fingerprint density at radius 1 is 1.00 bits per heavy atom. The number of nitrogens with zero attached hydrogens (tertiary/aromatic N) is 1. The van der Waals surface area contributed by atoms with E-state index in [9.17, 15) is 0 Å². The summed E-state index contributed by atoms with van der Waals surface area (Å²) in [6.07, 6.45) is 12.7. The molecule has 0 aromatic heterocycles. The van der Waals surface area contributed by atoms with Crippen LogP contribution >= 0.6 is 0 Å². The summed E-state index contributed by atoms with van der Waals surface area (Å²) in [6, 6.07) is 0. The summed E-state index contributed by atoms with van der Waals surface area (Å²) in [5, 5.41) is 3.39. The van der Waals surface area contributed by atoms with Crippen LogP contribution in [0.1, 0.15) is 71.6 Å². The normalized spacial score (nSPS) is 25.1. The third kappa shape index (κ3) is 7.97. The van der Waals surface area contributed by atoms with Gasteiger partial charge < -0.3 is 15.0 Å². The van der Waals surface area contributed by atoms with Crippen LogP contribution in [0.25, 0.3) is 0 Å². The van der Waals surface area contributed by atoms with Gasteiger partial charge in [0.25, 0.3) is 0 Å². The second-order valence-corrected chi connectivity index (χ2v) is 8.80. The highest BCUT2D eigenvalue weighted by Gasteiger charge is 2.24. The van der Waals surface area contributed by atoms with Crippen LogP contribution in [0.5, 0.6) is 0 Å². The first-order valence-electron chi connectivity index (χ1n) is 11.1. The van der Waals surface area contributed by atoms with Crippen LogP contribution in [0.15, 0.2) is 0 Å². The summed E-state index contributed by atoms with van der Waals surface area (Å²) in [7, 11) is 1.81. The van der Waals surface area contributed by atoms with Gasteiger partial charge >= 0.3 is 0 Å². The molecule has 2 saturated heterocycles. The molecule has 0 aromatic carbocycles. The van der Waals surface area contributed by atoms with Crippen LogP contribution < -0.4 is 5.32 Å². The zero-order chi connectivity index (χ0) is 17.9. The number of likely N-dealkylation sites (tertiary alicyclic amines) is 1. The van der Waals surface area contributed by atoms with Crippen molar-refractivity contribution in [1.29, 1.82) is 0 Å². The highest BCUT2D eigenvalue weighted by atomic mass is 16.5. The molecule has 3 heteroatoms. The first-order valence-corrected chi connectivity index (χ1v) is 11.1. The summed E-state index contributed by atoms with van der Waals surface area (Å²) in [5.41, 5.74) is 0. The number of hydrogen-bond acceptors (Lipinski definition) is 3. The second kappa shape index (κ2) is 12.3. The average Bonchev–Trinajstić information content (AvgIpc) is 2.64. The number of rotatable bonds is 7.